The van der Waals surface area contributed by atoms with E-state index in [1.807, 2.05) is 29.2 Å². The molecule has 0 aromatic heterocycles. The second-order valence-electron chi connectivity index (χ2n) is 8.35. The first kappa shape index (κ1) is 23.8. The lowest BCUT2D eigenvalue weighted by atomic mass is 9.99. The molecule has 9 heteroatoms. The second-order valence-corrected chi connectivity index (χ2v) is 9.19. The van der Waals surface area contributed by atoms with Crippen molar-refractivity contribution in [1.29, 1.82) is 0 Å². The Bertz CT molecular complexity index is 996. The van der Waals surface area contributed by atoms with Gasteiger partial charge in [-0.1, -0.05) is 35.3 Å². The molecule has 0 aliphatic carbocycles. The van der Waals surface area contributed by atoms with Gasteiger partial charge in [0.25, 0.3) is 11.8 Å². The van der Waals surface area contributed by atoms with Crippen molar-refractivity contribution in [3.8, 4) is 5.75 Å². The highest BCUT2D eigenvalue weighted by molar-refractivity contribution is 6.30. The van der Waals surface area contributed by atoms with E-state index in [1.165, 1.54) is 17.7 Å². The van der Waals surface area contributed by atoms with Crippen LogP contribution in [0.2, 0.25) is 10.0 Å². The maximum absolute atomic E-state index is 13.4. The van der Waals surface area contributed by atoms with E-state index in [0.717, 1.165) is 12.5 Å². The minimum Gasteiger partial charge on any atom is -0.484 e. The zero-order valence-corrected chi connectivity index (χ0v) is 19.4. The first-order valence-electron chi connectivity index (χ1n) is 10.9. The van der Waals surface area contributed by atoms with Crippen molar-refractivity contribution >= 4 is 35.0 Å². The molecule has 2 fully saturated rings. The number of carbonyl (C=O) groups is 2. The minimum absolute atomic E-state index is 0.00402. The quantitative estimate of drug-likeness (QED) is 0.653. The second kappa shape index (κ2) is 10.7. The summed E-state index contributed by atoms with van der Waals surface area (Å²) in [5, 5.41) is 3.52. The van der Waals surface area contributed by atoms with Crippen LogP contribution in [0.5, 0.6) is 5.75 Å². The summed E-state index contributed by atoms with van der Waals surface area (Å²) in [7, 11) is 0. The summed E-state index contributed by atoms with van der Waals surface area (Å²) in [4.78, 5) is 26.9. The van der Waals surface area contributed by atoms with Crippen LogP contribution in [-0.4, -0.2) is 55.2 Å². The highest BCUT2D eigenvalue weighted by Gasteiger charge is 2.34. The lowest BCUT2D eigenvalue weighted by Gasteiger charge is -2.31. The summed E-state index contributed by atoms with van der Waals surface area (Å²) in [5.41, 5.74) is 1.19. The number of benzene rings is 2. The van der Waals surface area contributed by atoms with Gasteiger partial charge in [-0.15, -0.1) is 0 Å². The Balaban J connectivity index is 1.19. The predicted molar refractivity (Wildman–Crippen MR) is 123 cm³/mol. The fourth-order valence-electron chi connectivity index (χ4n) is 4.22. The van der Waals surface area contributed by atoms with Crippen molar-refractivity contribution in [3.05, 3.63) is 63.9 Å². The van der Waals surface area contributed by atoms with Crippen LogP contribution in [0.1, 0.15) is 30.7 Å². The molecule has 2 heterocycles. The van der Waals surface area contributed by atoms with Crippen molar-refractivity contribution in [3.63, 3.8) is 0 Å². The van der Waals surface area contributed by atoms with Gasteiger partial charge in [-0.25, -0.2) is 4.39 Å². The molecule has 33 heavy (non-hydrogen) atoms. The molecule has 3 atom stereocenters. The highest BCUT2D eigenvalue weighted by atomic mass is 35.5. The molecule has 2 aromatic rings. The number of carbonyl (C=O) groups excluding carboxylic acids is 2. The largest absolute Gasteiger partial charge is 0.484 e. The number of likely N-dealkylation sites (tertiary alicyclic amines) is 1. The van der Waals surface area contributed by atoms with Crippen LogP contribution >= 0.6 is 23.2 Å². The molecule has 0 spiro atoms. The molecule has 2 amide bonds. The van der Waals surface area contributed by atoms with Crippen LogP contribution < -0.4 is 10.1 Å². The first-order valence-corrected chi connectivity index (χ1v) is 11.7. The summed E-state index contributed by atoms with van der Waals surface area (Å²) in [6.45, 7) is 1.38. The van der Waals surface area contributed by atoms with E-state index in [-0.39, 0.29) is 41.8 Å². The maximum atomic E-state index is 13.4. The predicted octanol–water partition coefficient (Wildman–Crippen LogP) is 4.19. The topological polar surface area (TPSA) is 67.9 Å². The molecule has 0 saturated carbocycles. The van der Waals surface area contributed by atoms with Gasteiger partial charge in [-0.3, -0.25) is 9.59 Å². The SMILES string of the molecule is O=C(COc1ccc(Cl)c(F)c1)N[C@@H]1CC[C@@H](C(=O)N2CC[C@@H](c3ccc(Cl)cc3)C2)OC1. The first-order chi connectivity index (χ1) is 15.9. The Morgan fingerprint density at radius 1 is 1.12 bits per heavy atom. The standard InChI is InChI=1S/C24H25Cl2FN2O4/c25-17-3-1-15(2-4-17)16-9-10-29(12-16)24(31)22-8-5-18(13-33-22)28-23(30)14-32-19-6-7-20(26)21(27)11-19/h1-4,6-7,11,16,18,22H,5,8-10,12-14H2,(H,28,30)/t16-,18-,22+/m1/s1. The molecule has 2 aromatic carbocycles. The Hall–Kier alpha value is -2.35. The van der Waals surface area contributed by atoms with Gasteiger partial charge in [-0.05, 0) is 49.1 Å². The van der Waals surface area contributed by atoms with Crippen LogP contribution in [0.4, 0.5) is 4.39 Å². The molecule has 0 unspecified atom stereocenters. The lowest BCUT2D eigenvalue weighted by molar-refractivity contribution is -0.146. The number of rotatable bonds is 6. The van der Waals surface area contributed by atoms with E-state index in [9.17, 15) is 14.0 Å². The molecule has 6 nitrogen and oxygen atoms in total. The van der Waals surface area contributed by atoms with Gasteiger partial charge >= 0.3 is 0 Å². The monoisotopic (exact) mass is 494 g/mol. The van der Waals surface area contributed by atoms with E-state index in [1.54, 1.807) is 0 Å². The van der Waals surface area contributed by atoms with Crippen LogP contribution in [0.3, 0.4) is 0 Å². The zero-order valence-electron chi connectivity index (χ0n) is 17.9. The third-order valence-electron chi connectivity index (χ3n) is 6.02. The summed E-state index contributed by atoms with van der Waals surface area (Å²) >= 11 is 11.6. The van der Waals surface area contributed by atoms with Crippen LogP contribution in [-0.2, 0) is 14.3 Å². The Morgan fingerprint density at radius 3 is 2.61 bits per heavy atom. The van der Waals surface area contributed by atoms with Gasteiger partial charge in [0.1, 0.15) is 17.7 Å². The molecule has 176 valence electrons. The summed E-state index contributed by atoms with van der Waals surface area (Å²) in [6, 6.07) is 11.6. The molecular weight excluding hydrogens is 470 g/mol. The summed E-state index contributed by atoms with van der Waals surface area (Å²) in [6.07, 6.45) is 1.59. The number of halogens is 3. The van der Waals surface area contributed by atoms with Crippen LogP contribution in [0.15, 0.2) is 42.5 Å². The fraction of sp³-hybridized carbons (Fsp3) is 0.417. The third-order valence-corrected chi connectivity index (χ3v) is 6.58. The normalized spacial score (nSPS) is 22.8. The van der Waals surface area contributed by atoms with E-state index < -0.39 is 11.9 Å². The number of amides is 2. The molecule has 4 rings (SSSR count). The van der Waals surface area contributed by atoms with Crippen molar-refractivity contribution in [2.45, 2.75) is 37.3 Å². The maximum Gasteiger partial charge on any atom is 0.258 e. The van der Waals surface area contributed by atoms with Gasteiger partial charge in [0.05, 0.1) is 17.7 Å². The molecule has 2 aliphatic heterocycles. The van der Waals surface area contributed by atoms with E-state index >= 15 is 0 Å². The fourth-order valence-corrected chi connectivity index (χ4v) is 4.46. The number of ether oxygens (including phenoxy) is 2. The molecule has 0 bridgehead atoms. The lowest BCUT2D eigenvalue weighted by Crippen LogP contribution is -2.48. The molecule has 1 N–H and O–H groups in total. The molecule has 0 radical (unpaired) electrons. The molecule has 2 saturated heterocycles. The van der Waals surface area contributed by atoms with E-state index in [0.29, 0.717) is 36.9 Å². The van der Waals surface area contributed by atoms with Crippen LogP contribution in [0, 0.1) is 5.82 Å². The minimum atomic E-state index is -0.608. The average molecular weight is 495 g/mol. The Kier molecular flexibility index (Phi) is 7.73. The Morgan fingerprint density at radius 2 is 1.91 bits per heavy atom. The molecule has 2 aliphatic rings. The number of hydrogen-bond donors (Lipinski definition) is 1. The van der Waals surface area contributed by atoms with Crippen molar-refractivity contribution < 1.29 is 23.5 Å². The summed E-state index contributed by atoms with van der Waals surface area (Å²) < 4.78 is 24.5. The van der Waals surface area contributed by atoms with Gasteiger partial charge in [0.15, 0.2) is 6.61 Å². The zero-order chi connectivity index (χ0) is 23.4. The van der Waals surface area contributed by atoms with Gasteiger partial charge < -0.3 is 19.7 Å². The average Bonchev–Trinajstić information content (AvgIpc) is 3.31. The Labute approximate surface area is 201 Å². The highest BCUT2D eigenvalue weighted by Crippen LogP contribution is 2.29. The van der Waals surface area contributed by atoms with Crippen molar-refractivity contribution in [2.75, 3.05) is 26.3 Å². The van der Waals surface area contributed by atoms with Crippen LogP contribution in [0.25, 0.3) is 0 Å². The van der Waals surface area contributed by atoms with Crippen molar-refractivity contribution in [1.82, 2.24) is 10.2 Å². The number of nitrogens with zero attached hydrogens (tertiary/aromatic N) is 1. The molecular formula is C24H25Cl2FN2O4. The van der Waals surface area contributed by atoms with E-state index in [4.69, 9.17) is 32.7 Å². The van der Waals surface area contributed by atoms with Gasteiger partial charge in [0, 0.05) is 30.1 Å². The summed E-state index contributed by atoms with van der Waals surface area (Å²) in [5.74, 6) is -0.419. The third kappa shape index (κ3) is 6.16. The number of hydrogen-bond acceptors (Lipinski definition) is 4. The number of nitrogens with one attached hydrogen (secondary N) is 1. The van der Waals surface area contributed by atoms with Gasteiger partial charge in [-0.2, -0.15) is 0 Å². The van der Waals surface area contributed by atoms with Gasteiger partial charge in [0.2, 0.25) is 0 Å². The smallest absolute Gasteiger partial charge is 0.258 e. The van der Waals surface area contributed by atoms with Crippen molar-refractivity contribution in [2.24, 2.45) is 0 Å². The van der Waals surface area contributed by atoms with E-state index in [2.05, 4.69) is 5.32 Å².